The van der Waals surface area contributed by atoms with Gasteiger partial charge in [-0.15, -0.1) is 5.10 Å². The van der Waals surface area contributed by atoms with Crippen molar-refractivity contribution in [3.05, 3.63) is 59.7 Å². The van der Waals surface area contributed by atoms with Gasteiger partial charge in [0.25, 0.3) is 0 Å². The molecule has 3 aromatic rings. The molecule has 0 radical (unpaired) electrons. The van der Waals surface area contributed by atoms with E-state index in [0.29, 0.717) is 5.56 Å². The van der Waals surface area contributed by atoms with E-state index in [4.69, 9.17) is 0 Å². The van der Waals surface area contributed by atoms with Crippen LogP contribution in [-0.4, -0.2) is 20.9 Å². The topological polar surface area (TPSA) is 59.8 Å². The Bertz CT molecular complexity index is 946. The summed E-state index contributed by atoms with van der Waals surface area (Å²) < 4.78 is 28.1. The zero-order chi connectivity index (χ0) is 18.9. The summed E-state index contributed by atoms with van der Waals surface area (Å²) in [5.74, 6) is -2.21. The zero-order valence-corrected chi connectivity index (χ0v) is 14.8. The maximum Gasteiger partial charge on any atom is 0.226 e. The van der Waals surface area contributed by atoms with Crippen molar-refractivity contribution in [2.45, 2.75) is 33.4 Å². The van der Waals surface area contributed by atoms with E-state index in [2.05, 4.69) is 15.6 Å². The smallest absolute Gasteiger partial charge is 0.226 e. The van der Waals surface area contributed by atoms with E-state index in [-0.39, 0.29) is 17.7 Å². The predicted molar refractivity (Wildman–Crippen MR) is 94.2 cm³/mol. The number of aromatic nitrogens is 3. The largest absolute Gasteiger partial charge is 0.333 e. The lowest BCUT2D eigenvalue weighted by Crippen LogP contribution is -2.41. The minimum absolute atomic E-state index is 0.0591. The van der Waals surface area contributed by atoms with E-state index in [1.54, 1.807) is 4.68 Å². The number of fused-ring (bicyclic) bond motifs is 1. The van der Waals surface area contributed by atoms with Crippen LogP contribution in [0, 0.1) is 17.0 Å². The van der Waals surface area contributed by atoms with Gasteiger partial charge in [0.05, 0.1) is 11.9 Å². The van der Waals surface area contributed by atoms with Crippen LogP contribution in [0.15, 0.2) is 42.5 Å². The van der Waals surface area contributed by atoms with Crippen LogP contribution in [0.25, 0.3) is 11.0 Å². The van der Waals surface area contributed by atoms with E-state index in [9.17, 15) is 13.6 Å². The molecule has 1 heterocycles. The van der Waals surface area contributed by atoms with Crippen molar-refractivity contribution in [2.75, 3.05) is 0 Å². The highest BCUT2D eigenvalue weighted by Crippen LogP contribution is 2.30. The molecule has 1 atom stereocenters. The van der Waals surface area contributed by atoms with Gasteiger partial charge >= 0.3 is 0 Å². The number of carbonyl (C=O) groups excluding carboxylic acids is 1. The predicted octanol–water partition coefficient (Wildman–Crippen LogP) is 3.61. The quantitative estimate of drug-likeness (QED) is 0.775. The second-order valence-electron chi connectivity index (χ2n) is 7.28. The Labute approximate surface area is 150 Å². The summed E-state index contributed by atoms with van der Waals surface area (Å²) in [6.45, 7) is 5.93. The van der Waals surface area contributed by atoms with Gasteiger partial charge in [-0.2, -0.15) is 0 Å². The number of rotatable bonds is 4. The first-order valence-corrected chi connectivity index (χ1v) is 8.29. The molecule has 0 fully saturated rings. The zero-order valence-electron chi connectivity index (χ0n) is 14.8. The second-order valence-corrected chi connectivity index (χ2v) is 7.28. The highest BCUT2D eigenvalue weighted by Gasteiger charge is 2.30. The van der Waals surface area contributed by atoms with Crippen LogP contribution in [-0.2, 0) is 11.2 Å². The summed E-state index contributed by atoms with van der Waals surface area (Å²) >= 11 is 0. The molecule has 1 aromatic heterocycles. The van der Waals surface area contributed by atoms with E-state index < -0.39 is 17.8 Å². The maximum absolute atomic E-state index is 13.4. The van der Waals surface area contributed by atoms with Crippen LogP contribution in [0.2, 0.25) is 0 Å². The summed E-state index contributed by atoms with van der Waals surface area (Å²) in [6, 6.07) is 10.9. The lowest BCUT2D eigenvalue weighted by atomic mass is 9.92. The van der Waals surface area contributed by atoms with Gasteiger partial charge in [0, 0.05) is 5.41 Å². The standard InChI is InChI=1S/C19H20F2N4O/c1-19(2,3)18(25-16-7-5-4-6-15(16)23-24-25)22-17(26)11-12-8-9-13(20)14(21)10-12/h4-10,18H,11H2,1-3H3,(H,22,26). The van der Waals surface area contributed by atoms with Gasteiger partial charge < -0.3 is 5.32 Å². The average Bonchev–Trinajstić information content (AvgIpc) is 2.99. The highest BCUT2D eigenvalue weighted by molar-refractivity contribution is 5.79. The molecule has 136 valence electrons. The van der Waals surface area contributed by atoms with Crippen molar-refractivity contribution in [3.8, 4) is 0 Å². The fraction of sp³-hybridized carbons (Fsp3) is 0.316. The highest BCUT2D eigenvalue weighted by atomic mass is 19.2. The number of para-hydroxylation sites is 1. The summed E-state index contributed by atoms with van der Waals surface area (Å²) in [7, 11) is 0. The molecular weight excluding hydrogens is 338 g/mol. The molecule has 2 aromatic carbocycles. The second kappa shape index (κ2) is 6.82. The Kier molecular flexibility index (Phi) is 4.71. The summed E-state index contributed by atoms with van der Waals surface area (Å²) in [4.78, 5) is 12.5. The van der Waals surface area contributed by atoms with Crippen LogP contribution in [0.4, 0.5) is 8.78 Å². The fourth-order valence-corrected chi connectivity index (χ4v) is 2.76. The molecule has 3 rings (SSSR count). The molecule has 5 nitrogen and oxygen atoms in total. The Morgan fingerprint density at radius 3 is 2.58 bits per heavy atom. The van der Waals surface area contributed by atoms with Crippen LogP contribution >= 0.6 is 0 Å². The van der Waals surface area contributed by atoms with Gasteiger partial charge in [-0.1, -0.05) is 44.2 Å². The molecule has 0 aliphatic rings. The van der Waals surface area contributed by atoms with Crippen molar-refractivity contribution >= 4 is 16.9 Å². The monoisotopic (exact) mass is 358 g/mol. The number of amides is 1. The first kappa shape index (κ1) is 18.0. The number of benzene rings is 2. The maximum atomic E-state index is 13.4. The van der Waals surface area contributed by atoms with Crippen LogP contribution in [0.3, 0.4) is 0 Å². The van der Waals surface area contributed by atoms with E-state index >= 15 is 0 Å². The molecule has 0 aliphatic heterocycles. The third-order valence-electron chi connectivity index (χ3n) is 4.09. The first-order chi connectivity index (χ1) is 12.3. The van der Waals surface area contributed by atoms with Gasteiger partial charge in [0.2, 0.25) is 5.91 Å². The van der Waals surface area contributed by atoms with Crippen LogP contribution in [0.5, 0.6) is 0 Å². The Morgan fingerprint density at radius 1 is 1.15 bits per heavy atom. The SMILES string of the molecule is CC(C)(C)C(NC(=O)Cc1ccc(F)c(F)c1)n1nnc2ccccc21. The number of carbonyl (C=O) groups is 1. The van der Waals surface area contributed by atoms with Crippen molar-refractivity contribution in [1.82, 2.24) is 20.3 Å². The van der Waals surface area contributed by atoms with Gasteiger partial charge in [-0.25, -0.2) is 13.5 Å². The van der Waals surface area contributed by atoms with Crippen molar-refractivity contribution in [1.29, 1.82) is 0 Å². The van der Waals surface area contributed by atoms with Gasteiger partial charge in [0.1, 0.15) is 11.7 Å². The molecule has 0 spiro atoms. The molecular formula is C19H20F2N4O. The van der Waals surface area contributed by atoms with Gasteiger partial charge in [-0.05, 0) is 29.8 Å². The average molecular weight is 358 g/mol. The number of nitrogens with one attached hydrogen (secondary N) is 1. The van der Waals surface area contributed by atoms with Crippen molar-refractivity contribution in [2.24, 2.45) is 5.41 Å². The number of hydrogen-bond donors (Lipinski definition) is 1. The van der Waals surface area contributed by atoms with Crippen molar-refractivity contribution < 1.29 is 13.6 Å². The van der Waals surface area contributed by atoms with Gasteiger partial charge in [0.15, 0.2) is 11.6 Å². The fourth-order valence-electron chi connectivity index (χ4n) is 2.76. The number of hydrogen-bond acceptors (Lipinski definition) is 3. The Hall–Kier alpha value is -2.83. The van der Waals surface area contributed by atoms with Crippen LogP contribution < -0.4 is 5.32 Å². The van der Waals surface area contributed by atoms with Crippen LogP contribution in [0.1, 0.15) is 32.5 Å². The normalized spacial score (nSPS) is 13.0. The molecule has 1 amide bonds. The van der Waals surface area contributed by atoms with Crippen molar-refractivity contribution in [3.63, 3.8) is 0 Å². The summed E-state index contributed by atoms with van der Waals surface area (Å²) in [5, 5.41) is 11.3. The molecule has 1 unspecified atom stereocenters. The summed E-state index contributed by atoms with van der Waals surface area (Å²) in [6.07, 6.45) is -0.510. The number of nitrogens with zero attached hydrogens (tertiary/aromatic N) is 3. The molecule has 0 saturated heterocycles. The Morgan fingerprint density at radius 2 is 1.88 bits per heavy atom. The first-order valence-electron chi connectivity index (χ1n) is 8.29. The molecule has 0 saturated carbocycles. The van der Waals surface area contributed by atoms with E-state index in [1.807, 2.05) is 45.0 Å². The lowest BCUT2D eigenvalue weighted by molar-refractivity contribution is -0.123. The summed E-state index contributed by atoms with van der Waals surface area (Å²) in [5.41, 5.74) is 1.59. The van der Waals surface area contributed by atoms with Gasteiger partial charge in [-0.3, -0.25) is 4.79 Å². The molecule has 7 heteroatoms. The third-order valence-corrected chi connectivity index (χ3v) is 4.09. The minimum atomic E-state index is -0.968. The van der Waals surface area contributed by atoms with E-state index in [0.717, 1.165) is 23.2 Å². The molecule has 1 N–H and O–H groups in total. The molecule has 0 bridgehead atoms. The minimum Gasteiger partial charge on any atom is -0.333 e. The lowest BCUT2D eigenvalue weighted by Gasteiger charge is -2.31. The molecule has 0 aliphatic carbocycles. The Balaban J connectivity index is 1.85. The third kappa shape index (κ3) is 3.71. The number of halogens is 2. The molecule has 26 heavy (non-hydrogen) atoms. The van der Waals surface area contributed by atoms with E-state index in [1.165, 1.54) is 6.07 Å².